The van der Waals surface area contributed by atoms with E-state index in [-0.39, 0.29) is 12.0 Å². The first-order valence-corrected chi connectivity index (χ1v) is 7.11. The second kappa shape index (κ2) is 6.21. The van der Waals surface area contributed by atoms with Crippen LogP contribution < -0.4 is 0 Å². The molecule has 1 unspecified atom stereocenters. The smallest absolute Gasteiger partial charge is 0.131 e. The zero-order chi connectivity index (χ0) is 14.0. The van der Waals surface area contributed by atoms with Gasteiger partial charge in [-0.1, -0.05) is 45.7 Å². The Balaban J connectivity index is 2.31. The molecule has 0 fully saturated rings. The van der Waals surface area contributed by atoms with E-state index in [1.54, 1.807) is 24.3 Å². The van der Waals surface area contributed by atoms with Gasteiger partial charge in [-0.2, -0.15) is 0 Å². The van der Waals surface area contributed by atoms with E-state index in [0.29, 0.717) is 9.50 Å². The molecule has 0 saturated heterocycles. The van der Waals surface area contributed by atoms with Crippen molar-refractivity contribution in [2.75, 3.05) is 0 Å². The van der Waals surface area contributed by atoms with Crippen molar-refractivity contribution in [2.45, 2.75) is 11.8 Å². The summed E-state index contributed by atoms with van der Waals surface area (Å²) < 4.78 is 27.9. The fraction of sp³-hybridized carbons (Fsp3) is 0.143. The van der Waals surface area contributed by atoms with Crippen molar-refractivity contribution in [2.24, 2.45) is 0 Å². The lowest BCUT2D eigenvalue weighted by molar-refractivity contribution is 0.549. The van der Waals surface area contributed by atoms with Gasteiger partial charge >= 0.3 is 0 Å². The summed E-state index contributed by atoms with van der Waals surface area (Å²) in [5.74, 6) is -1.34. The molecule has 2 aromatic carbocycles. The fourth-order valence-corrected chi connectivity index (χ4v) is 2.80. The van der Waals surface area contributed by atoms with Gasteiger partial charge in [0, 0.05) is 15.1 Å². The van der Waals surface area contributed by atoms with Crippen LogP contribution in [0.2, 0.25) is 5.02 Å². The predicted molar refractivity (Wildman–Crippen MR) is 77.8 cm³/mol. The molecular weight excluding hydrogens is 357 g/mol. The van der Waals surface area contributed by atoms with Crippen LogP contribution in [-0.4, -0.2) is 0 Å². The Morgan fingerprint density at radius 1 is 1.11 bits per heavy atom. The van der Waals surface area contributed by atoms with Crippen molar-refractivity contribution in [3.8, 4) is 0 Å². The van der Waals surface area contributed by atoms with Crippen molar-refractivity contribution >= 4 is 39.1 Å². The quantitative estimate of drug-likeness (QED) is 0.593. The highest BCUT2D eigenvalue weighted by Crippen LogP contribution is 2.33. The van der Waals surface area contributed by atoms with Crippen molar-refractivity contribution in [1.82, 2.24) is 0 Å². The van der Waals surface area contributed by atoms with Gasteiger partial charge in [0.25, 0.3) is 0 Å². The highest BCUT2D eigenvalue weighted by atomic mass is 79.9. The SMILES string of the molecule is Fc1cc(Br)cc(F)c1C(Cl)Cc1ccccc1Cl. The van der Waals surface area contributed by atoms with Gasteiger partial charge in [0.2, 0.25) is 0 Å². The van der Waals surface area contributed by atoms with Gasteiger partial charge in [-0.05, 0) is 30.2 Å². The molecule has 0 aliphatic carbocycles. The van der Waals surface area contributed by atoms with E-state index in [2.05, 4.69) is 15.9 Å². The first-order chi connectivity index (χ1) is 8.99. The number of hydrogen-bond donors (Lipinski definition) is 0. The van der Waals surface area contributed by atoms with Gasteiger partial charge in [-0.25, -0.2) is 8.78 Å². The molecule has 0 radical (unpaired) electrons. The lowest BCUT2D eigenvalue weighted by Gasteiger charge is -2.13. The fourth-order valence-electron chi connectivity index (χ4n) is 1.81. The predicted octanol–water partition coefficient (Wildman–Crippen LogP) is 5.90. The maximum Gasteiger partial charge on any atom is 0.131 e. The van der Waals surface area contributed by atoms with Gasteiger partial charge < -0.3 is 0 Å². The van der Waals surface area contributed by atoms with Crippen molar-refractivity contribution < 1.29 is 8.78 Å². The zero-order valence-electron chi connectivity index (χ0n) is 9.64. The molecule has 2 rings (SSSR count). The molecule has 2 aromatic rings. The molecule has 1 atom stereocenters. The second-order valence-corrected chi connectivity index (χ2v) is 5.90. The molecule has 0 N–H and O–H groups in total. The average molecular weight is 366 g/mol. The molecule has 0 saturated carbocycles. The summed E-state index contributed by atoms with van der Waals surface area (Å²) in [6.07, 6.45) is 0.261. The van der Waals surface area contributed by atoms with Gasteiger partial charge in [-0.15, -0.1) is 11.6 Å². The van der Waals surface area contributed by atoms with E-state index >= 15 is 0 Å². The Bertz CT molecular complexity index is 579. The van der Waals surface area contributed by atoms with Crippen LogP contribution in [0.15, 0.2) is 40.9 Å². The number of benzene rings is 2. The number of rotatable bonds is 3. The molecule has 0 aliphatic rings. The molecule has 0 nitrogen and oxygen atoms in total. The summed E-state index contributed by atoms with van der Waals surface area (Å²) >= 11 is 15.2. The van der Waals surface area contributed by atoms with Crippen LogP contribution >= 0.6 is 39.1 Å². The summed E-state index contributed by atoms with van der Waals surface area (Å²) in [4.78, 5) is 0. The van der Waals surface area contributed by atoms with E-state index in [0.717, 1.165) is 5.56 Å². The van der Waals surface area contributed by atoms with Crippen molar-refractivity contribution in [3.05, 3.63) is 68.7 Å². The van der Waals surface area contributed by atoms with Crippen LogP contribution in [0, 0.1) is 11.6 Å². The van der Waals surface area contributed by atoms with Crippen LogP contribution in [-0.2, 0) is 6.42 Å². The molecule has 0 heterocycles. The lowest BCUT2D eigenvalue weighted by atomic mass is 10.0. The van der Waals surface area contributed by atoms with E-state index in [1.165, 1.54) is 12.1 Å². The zero-order valence-corrected chi connectivity index (χ0v) is 12.7. The highest BCUT2D eigenvalue weighted by molar-refractivity contribution is 9.10. The lowest BCUT2D eigenvalue weighted by Crippen LogP contribution is -2.03. The first kappa shape index (κ1) is 14.8. The third-order valence-corrected chi connectivity index (χ3v) is 3.91. The molecule has 0 bridgehead atoms. The Kier molecular flexibility index (Phi) is 4.82. The minimum Gasteiger partial charge on any atom is -0.206 e. The van der Waals surface area contributed by atoms with E-state index in [4.69, 9.17) is 23.2 Å². The Hall–Kier alpha value is -0.640. The van der Waals surface area contributed by atoms with Crippen molar-refractivity contribution in [3.63, 3.8) is 0 Å². The number of alkyl halides is 1. The van der Waals surface area contributed by atoms with E-state index in [9.17, 15) is 8.78 Å². The molecule has 0 aromatic heterocycles. The van der Waals surface area contributed by atoms with Crippen LogP contribution in [0.25, 0.3) is 0 Å². The van der Waals surface area contributed by atoms with Crippen LogP contribution in [0.1, 0.15) is 16.5 Å². The Labute approximate surface area is 128 Å². The molecule has 0 spiro atoms. The summed E-state index contributed by atoms with van der Waals surface area (Å²) in [5, 5.41) is -0.279. The third kappa shape index (κ3) is 3.47. The van der Waals surface area contributed by atoms with Crippen molar-refractivity contribution in [1.29, 1.82) is 0 Å². The molecule has 5 heteroatoms. The third-order valence-electron chi connectivity index (χ3n) is 2.71. The van der Waals surface area contributed by atoms with Crippen LogP contribution in [0.3, 0.4) is 0 Å². The van der Waals surface area contributed by atoms with Gasteiger partial charge in [0.15, 0.2) is 0 Å². The first-order valence-electron chi connectivity index (χ1n) is 5.51. The average Bonchev–Trinajstić information content (AvgIpc) is 2.30. The molecule has 0 aliphatic heterocycles. The topological polar surface area (TPSA) is 0 Å². The monoisotopic (exact) mass is 364 g/mol. The van der Waals surface area contributed by atoms with E-state index in [1.807, 2.05) is 0 Å². The summed E-state index contributed by atoms with van der Waals surface area (Å²) in [7, 11) is 0. The van der Waals surface area contributed by atoms with Crippen LogP contribution in [0.4, 0.5) is 8.78 Å². The summed E-state index contributed by atoms with van der Waals surface area (Å²) in [6, 6.07) is 9.48. The Morgan fingerprint density at radius 3 is 2.26 bits per heavy atom. The van der Waals surface area contributed by atoms with Gasteiger partial charge in [0.05, 0.1) is 5.38 Å². The number of hydrogen-bond acceptors (Lipinski definition) is 0. The summed E-state index contributed by atoms with van der Waals surface area (Å²) in [6.45, 7) is 0. The highest BCUT2D eigenvalue weighted by Gasteiger charge is 2.20. The maximum atomic E-state index is 13.8. The summed E-state index contributed by atoms with van der Waals surface area (Å²) in [5.41, 5.74) is 0.621. The van der Waals surface area contributed by atoms with Crippen LogP contribution in [0.5, 0.6) is 0 Å². The maximum absolute atomic E-state index is 13.8. The molecule has 19 heavy (non-hydrogen) atoms. The Morgan fingerprint density at radius 2 is 1.68 bits per heavy atom. The van der Waals surface area contributed by atoms with Gasteiger partial charge in [0.1, 0.15) is 11.6 Å². The largest absolute Gasteiger partial charge is 0.206 e. The molecular formula is C14H9BrCl2F2. The normalized spacial score (nSPS) is 12.5. The minimum absolute atomic E-state index is 0.134. The molecule has 100 valence electrons. The standard InChI is InChI=1S/C14H9BrCl2F2/c15-9-6-12(18)14(13(19)7-9)11(17)5-8-3-1-2-4-10(8)16/h1-4,6-7,11H,5H2. The molecule has 0 amide bonds. The number of halogens is 5. The van der Waals surface area contributed by atoms with E-state index < -0.39 is 17.0 Å². The second-order valence-electron chi connectivity index (χ2n) is 4.05. The minimum atomic E-state index is -0.812. The van der Waals surface area contributed by atoms with Gasteiger partial charge in [-0.3, -0.25) is 0 Å².